The first-order valence-electron chi connectivity index (χ1n) is 8.33. The Morgan fingerprint density at radius 3 is 2.58 bits per heavy atom. The van der Waals surface area contributed by atoms with Crippen molar-refractivity contribution in [3.8, 4) is 0 Å². The number of nitrogens with one attached hydrogen (secondary N) is 2. The first-order valence-corrected chi connectivity index (χ1v) is 9.52. The van der Waals surface area contributed by atoms with E-state index in [0.717, 1.165) is 49.9 Å². The topological polar surface area (TPSA) is 64.7 Å². The van der Waals surface area contributed by atoms with E-state index < -0.39 is 0 Å². The van der Waals surface area contributed by atoms with E-state index in [2.05, 4.69) is 26.5 Å². The first kappa shape index (κ1) is 17.7. The predicted molar refractivity (Wildman–Crippen MR) is 95.3 cm³/mol. The molecule has 2 fully saturated rings. The Labute approximate surface area is 151 Å². The zero-order chi connectivity index (χ0) is 17.1. The molecule has 2 N–H and O–H groups in total. The molecule has 1 aromatic heterocycles. The largest absolute Gasteiger partial charge is 0.335 e. The molecule has 1 atom stereocenters. The number of thiophene rings is 1. The van der Waals surface area contributed by atoms with Gasteiger partial charge in [-0.05, 0) is 31.9 Å². The smallest absolute Gasteiger partial charge is 0.321 e. The van der Waals surface area contributed by atoms with Crippen molar-refractivity contribution in [1.82, 2.24) is 20.4 Å². The summed E-state index contributed by atoms with van der Waals surface area (Å²) in [5.41, 5.74) is 0. The molecule has 0 bridgehead atoms. The van der Waals surface area contributed by atoms with E-state index in [0.29, 0.717) is 0 Å². The van der Waals surface area contributed by atoms with Crippen LogP contribution >= 0.6 is 22.9 Å². The van der Waals surface area contributed by atoms with Gasteiger partial charge in [-0.2, -0.15) is 0 Å². The number of hydrogen-bond acceptors (Lipinski definition) is 5. The minimum absolute atomic E-state index is 0.230. The number of hydrogen-bond donors (Lipinski definition) is 2. The van der Waals surface area contributed by atoms with Gasteiger partial charge >= 0.3 is 6.03 Å². The van der Waals surface area contributed by atoms with Gasteiger partial charge in [-0.1, -0.05) is 11.6 Å². The van der Waals surface area contributed by atoms with Gasteiger partial charge in [-0.15, -0.1) is 11.3 Å². The number of amides is 3. The maximum Gasteiger partial charge on any atom is 0.321 e. The Hall–Kier alpha value is -1.15. The summed E-state index contributed by atoms with van der Waals surface area (Å²) in [6.07, 6.45) is 2.02. The molecule has 1 saturated carbocycles. The molecule has 2 aliphatic rings. The number of piperazine rings is 1. The van der Waals surface area contributed by atoms with Gasteiger partial charge in [-0.3, -0.25) is 19.9 Å². The van der Waals surface area contributed by atoms with E-state index in [4.69, 9.17) is 11.6 Å². The van der Waals surface area contributed by atoms with Crippen molar-refractivity contribution in [3.63, 3.8) is 0 Å². The highest BCUT2D eigenvalue weighted by atomic mass is 35.5. The number of urea groups is 1. The Balaban J connectivity index is 1.41. The van der Waals surface area contributed by atoms with Gasteiger partial charge in [0, 0.05) is 43.6 Å². The second-order valence-electron chi connectivity index (χ2n) is 6.43. The Kier molecular flexibility index (Phi) is 5.76. The van der Waals surface area contributed by atoms with Crippen LogP contribution < -0.4 is 10.6 Å². The SMILES string of the molecule is CC(C(=O)NC(=O)NC1CC1)N1CCN(Cc2ccc(Cl)s2)CC1. The fourth-order valence-electron chi connectivity index (χ4n) is 2.80. The van der Waals surface area contributed by atoms with Crippen molar-refractivity contribution in [2.45, 2.75) is 38.4 Å². The number of carbonyl (C=O) groups excluding carboxylic acids is 2. The average molecular weight is 371 g/mol. The van der Waals surface area contributed by atoms with Crippen molar-refractivity contribution in [2.24, 2.45) is 0 Å². The van der Waals surface area contributed by atoms with Gasteiger partial charge in [0.05, 0.1) is 10.4 Å². The lowest BCUT2D eigenvalue weighted by Crippen LogP contribution is -2.55. The van der Waals surface area contributed by atoms with E-state index in [1.54, 1.807) is 11.3 Å². The second-order valence-corrected chi connectivity index (χ2v) is 8.23. The highest BCUT2D eigenvalue weighted by Gasteiger charge is 2.28. The van der Waals surface area contributed by atoms with Crippen LogP contribution in [0.1, 0.15) is 24.6 Å². The lowest BCUT2D eigenvalue weighted by molar-refractivity contribution is -0.125. The molecule has 132 valence electrons. The van der Waals surface area contributed by atoms with Gasteiger partial charge in [0.15, 0.2) is 0 Å². The summed E-state index contributed by atoms with van der Waals surface area (Å²) in [6, 6.07) is 3.57. The molecule has 0 spiro atoms. The average Bonchev–Trinajstić information content (AvgIpc) is 3.27. The summed E-state index contributed by atoms with van der Waals surface area (Å²) in [6.45, 7) is 6.20. The molecule has 1 aliphatic carbocycles. The Morgan fingerprint density at radius 1 is 1.29 bits per heavy atom. The lowest BCUT2D eigenvalue weighted by Gasteiger charge is -2.37. The lowest BCUT2D eigenvalue weighted by atomic mass is 10.2. The third kappa shape index (κ3) is 4.92. The monoisotopic (exact) mass is 370 g/mol. The van der Waals surface area contributed by atoms with Gasteiger partial charge in [0.2, 0.25) is 5.91 Å². The van der Waals surface area contributed by atoms with Crippen LogP contribution in [-0.4, -0.2) is 60.0 Å². The maximum atomic E-state index is 12.2. The van der Waals surface area contributed by atoms with Gasteiger partial charge in [-0.25, -0.2) is 4.79 Å². The highest BCUT2D eigenvalue weighted by Crippen LogP contribution is 2.23. The molecule has 3 amide bonds. The molecule has 1 aliphatic heterocycles. The third-order valence-electron chi connectivity index (χ3n) is 4.49. The Bertz CT molecular complexity index is 597. The normalized spacial score (nSPS) is 20.6. The molecular formula is C16H23ClN4O2S. The number of rotatable bonds is 5. The number of nitrogens with zero attached hydrogens (tertiary/aromatic N) is 2. The summed E-state index contributed by atoms with van der Waals surface area (Å²) in [7, 11) is 0. The molecule has 1 aromatic rings. The van der Waals surface area contributed by atoms with Crippen molar-refractivity contribution < 1.29 is 9.59 Å². The summed E-state index contributed by atoms with van der Waals surface area (Å²) in [5, 5.41) is 5.22. The maximum absolute atomic E-state index is 12.2. The van der Waals surface area contributed by atoms with Crippen LogP contribution in [0.2, 0.25) is 4.34 Å². The third-order valence-corrected chi connectivity index (χ3v) is 5.71. The zero-order valence-electron chi connectivity index (χ0n) is 13.8. The molecule has 1 saturated heterocycles. The van der Waals surface area contributed by atoms with Crippen molar-refractivity contribution in [3.05, 3.63) is 21.3 Å². The van der Waals surface area contributed by atoms with Crippen LogP contribution in [0.15, 0.2) is 12.1 Å². The van der Waals surface area contributed by atoms with Crippen LogP contribution in [0.5, 0.6) is 0 Å². The van der Waals surface area contributed by atoms with E-state index in [-0.39, 0.29) is 24.0 Å². The summed E-state index contributed by atoms with van der Waals surface area (Å²) in [5.74, 6) is -0.230. The van der Waals surface area contributed by atoms with Crippen LogP contribution in [0, 0.1) is 0 Å². The minimum atomic E-state index is -0.373. The molecule has 0 aromatic carbocycles. The van der Waals surface area contributed by atoms with Gasteiger partial charge in [0.1, 0.15) is 0 Å². The predicted octanol–water partition coefficient (Wildman–Crippen LogP) is 1.90. The van der Waals surface area contributed by atoms with Crippen LogP contribution in [0.25, 0.3) is 0 Å². The number of carbonyl (C=O) groups is 2. The highest BCUT2D eigenvalue weighted by molar-refractivity contribution is 7.16. The number of imide groups is 1. The van der Waals surface area contributed by atoms with E-state index in [1.807, 2.05) is 13.0 Å². The van der Waals surface area contributed by atoms with Crippen LogP contribution in [-0.2, 0) is 11.3 Å². The summed E-state index contributed by atoms with van der Waals surface area (Å²) < 4.78 is 0.818. The van der Waals surface area contributed by atoms with E-state index in [1.165, 1.54) is 4.88 Å². The molecule has 8 heteroatoms. The van der Waals surface area contributed by atoms with Crippen molar-refractivity contribution >= 4 is 34.9 Å². The quantitative estimate of drug-likeness (QED) is 0.830. The molecule has 1 unspecified atom stereocenters. The van der Waals surface area contributed by atoms with Gasteiger partial charge < -0.3 is 5.32 Å². The zero-order valence-corrected chi connectivity index (χ0v) is 15.3. The molecule has 3 rings (SSSR count). The first-order chi connectivity index (χ1) is 11.5. The molecule has 24 heavy (non-hydrogen) atoms. The van der Waals surface area contributed by atoms with Crippen molar-refractivity contribution in [1.29, 1.82) is 0 Å². The second kappa shape index (κ2) is 7.82. The standard InChI is InChI=1S/C16H23ClN4O2S/c1-11(15(22)19-16(23)18-12-2-3-12)21-8-6-20(7-9-21)10-13-4-5-14(17)24-13/h4-5,11-12H,2-3,6-10H2,1H3,(H2,18,19,22,23). The molecular weight excluding hydrogens is 348 g/mol. The molecule has 0 radical (unpaired) electrons. The fourth-order valence-corrected chi connectivity index (χ4v) is 3.93. The van der Waals surface area contributed by atoms with Gasteiger partial charge in [0.25, 0.3) is 0 Å². The van der Waals surface area contributed by atoms with Crippen molar-refractivity contribution in [2.75, 3.05) is 26.2 Å². The Morgan fingerprint density at radius 2 is 2.00 bits per heavy atom. The van der Waals surface area contributed by atoms with Crippen LogP contribution in [0.4, 0.5) is 4.79 Å². The molecule has 6 nitrogen and oxygen atoms in total. The minimum Gasteiger partial charge on any atom is -0.335 e. The summed E-state index contributed by atoms with van der Waals surface area (Å²) in [4.78, 5) is 29.6. The molecule has 2 heterocycles. The van der Waals surface area contributed by atoms with E-state index in [9.17, 15) is 9.59 Å². The number of halogens is 1. The summed E-state index contributed by atoms with van der Waals surface area (Å²) >= 11 is 7.58. The fraction of sp³-hybridized carbons (Fsp3) is 0.625. The van der Waals surface area contributed by atoms with Crippen LogP contribution in [0.3, 0.4) is 0 Å². The van der Waals surface area contributed by atoms with E-state index >= 15 is 0 Å².